The molecule has 0 aromatic carbocycles. The van der Waals surface area contributed by atoms with Crippen LogP contribution in [-0.2, 0) is 6.54 Å². The van der Waals surface area contributed by atoms with E-state index in [1.165, 1.54) is 0 Å². The molecule has 2 aromatic heterocycles. The second kappa shape index (κ2) is 5.49. The zero-order valence-electron chi connectivity index (χ0n) is 9.90. The molecule has 0 radical (unpaired) electrons. The Balaban J connectivity index is 2.18. The van der Waals surface area contributed by atoms with Crippen molar-refractivity contribution in [2.75, 3.05) is 5.33 Å². The summed E-state index contributed by atoms with van der Waals surface area (Å²) in [4.78, 5) is 12.1. The molecule has 0 atom stereocenters. The number of hydrogen-bond acceptors (Lipinski definition) is 2. The number of aromatic nitrogens is 3. The highest BCUT2D eigenvalue weighted by atomic mass is 79.9. The van der Waals surface area contributed by atoms with E-state index in [1.54, 1.807) is 9.08 Å². The summed E-state index contributed by atoms with van der Waals surface area (Å²) >= 11 is 3.41. The Bertz CT molecular complexity index is 558. The summed E-state index contributed by atoms with van der Waals surface area (Å²) in [6.07, 6.45) is 6.99. The Kier molecular flexibility index (Phi) is 3.99. The van der Waals surface area contributed by atoms with E-state index >= 15 is 0 Å². The minimum atomic E-state index is 0.0481. The van der Waals surface area contributed by atoms with Crippen LogP contribution in [0.25, 0.3) is 5.52 Å². The van der Waals surface area contributed by atoms with Crippen molar-refractivity contribution in [3.05, 3.63) is 34.5 Å². The van der Waals surface area contributed by atoms with E-state index in [0.717, 1.165) is 36.8 Å². The van der Waals surface area contributed by atoms with Crippen LogP contribution in [0.15, 0.2) is 23.3 Å². The van der Waals surface area contributed by atoms with Gasteiger partial charge >= 0.3 is 0 Å². The predicted molar refractivity (Wildman–Crippen MR) is 71.8 cm³/mol. The molecule has 0 N–H and O–H groups in total. The van der Waals surface area contributed by atoms with E-state index in [9.17, 15) is 4.79 Å². The number of rotatable bonds is 5. The zero-order chi connectivity index (χ0) is 12.3. The van der Waals surface area contributed by atoms with Gasteiger partial charge in [-0.15, -0.1) is 0 Å². The lowest BCUT2D eigenvalue weighted by Gasteiger charge is -2.05. The SMILES string of the molecule is Cc1cc2c(=O)n(CCCCCBr)ccn2n1. The minimum Gasteiger partial charge on any atom is -0.312 e. The van der Waals surface area contributed by atoms with Gasteiger partial charge in [-0.3, -0.25) is 4.79 Å². The molecular weight excluding hydrogens is 282 g/mol. The lowest BCUT2D eigenvalue weighted by molar-refractivity contribution is 0.587. The van der Waals surface area contributed by atoms with Crippen LogP contribution in [0.1, 0.15) is 25.0 Å². The summed E-state index contributed by atoms with van der Waals surface area (Å²) in [6, 6.07) is 1.83. The zero-order valence-corrected chi connectivity index (χ0v) is 11.5. The van der Waals surface area contributed by atoms with E-state index < -0.39 is 0 Å². The van der Waals surface area contributed by atoms with Crippen molar-refractivity contribution in [2.45, 2.75) is 32.7 Å². The Hall–Kier alpha value is -1.10. The van der Waals surface area contributed by atoms with Crippen LogP contribution < -0.4 is 5.56 Å². The Morgan fingerprint density at radius 3 is 2.88 bits per heavy atom. The fourth-order valence-corrected chi connectivity index (χ4v) is 2.27. The summed E-state index contributed by atoms with van der Waals surface area (Å²) in [6.45, 7) is 2.68. The number of alkyl halides is 1. The molecule has 0 saturated heterocycles. The average Bonchev–Trinajstić information content (AvgIpc) is 2.69. The molecule has 2 rings (SSSR count). The average molecular weight is 298 g/mol. The van der Waals surface area contributed by atoms with Crippen LogP contribution in [0.5, 0.6) is 0 Å². The summed E-state index contributed by atoms with van der Waals surface area (Å²) in [5, 5.41) is 5.25. The first-order chi connectivity index (χ1) is 8.22. The van der Waals surface area contributed by atoms with Gasteiger partial charge in [0.05, 0.1) is 5.69 Å². The summed E-state index contributed by atoms with van der Waals surface area (Å²) < 4.78 is 3.41. The van der Waals surface area contributed by atoms with E-state index in [-0.39, 0.29) is 5.56 Å². The number of aryl methyl sites for hydroxylation is 2. The number of unbranched alkanes of at least 4 members (excludes halogenated alkanes) is 2. The van der Waals surface area contributed by atoms with Crippen LogP contribution in [0, 0.1) is 6.92 Å². The molecule has 5 heteroatoms. The number of halogens is 1. The third-order valence-electron chi connectivity index (χ3n) is 2.76. The van der Waals surface area contributed by atoms with Crippen molar-refractivity contribution >= 4 is 21.4 Å². The molecule has 0 spiro atoms. The van der Waals surface area contributed by atoms with Crippen molar-refractivity contribution in [3.63, 3.8) is 0 Å². The molecule has 0 aliphatic rings. The van der Waals surface area contributed by atoms with Gasteiger partial charge in [0.25, 0.3) is 5.56 Å². The van der Waals surface area contributed by atoms with Gasteiger partial charge in [-0.1, -0.05) is 22.4 Å². The minimum absolute atomic E-state index is 0.0481. The first kappa shape index (κ1) is 12.4. The third-order valence-corrected chi connectivity index (χ3v) is 3.32. The van der Waals surface area contributed by atoms with Gasteiger partial charge in [0, 0.05) is 24.3 Å². The van der Waals surface area contributed by atoms with E-state index in [4.69, 9.17) is 0 Å². The van der Waals surface area contributed by atoms with Crippen molar-refractivity contribution in [2.24, 2.45) is 0 Å². The van der Waals surface area contributed by atoms with E-state index in [1.807, 2.05) is 25.4 Å². The maximum Gasteiger partial charge on any atom is 0.276 e. The first-order valence-corrected chi connectivity index (χ1v) is 6.96. The molecule has 4 nitrogen and oxygen atoms in total. The third kappa shape index (κ3) is 2.77. The van der Waals surface area contributed by atoms with E-state index in [0.29, 0.717) is 5.52 Å². The standard InChI is InChI=1S/C12H16BrN3O/c1-10-9-11-12(17)15(6-4-2-3-5-13)7-8-16(11)14-10/h7-9H,2-6H2,1H3. The molecule has 0 aliphatic carbocycles. The molecule has 0 fully saturated rings. The molecule has 17 heavy (non-hydrogen) atoms. The molecule has 2 aromatic rings. The van der Waals surface area contributed by atoms with Crippen LogP contribution in [0.4, 0.5) is 0 Å². The van der Waals surface area contributed by atoms with Gasteiger partial charge < -0.3 is 4.57 Å². The first-order valence-electron chi connectivity index (χ1n) is 5.84. The molecule has 0 aliphatic heterocycles. The highest BCUT2D eigenvalue weighted by Crippen LogP contribution is 2.03. The quantitative estimate of drug-likeness (QED) is 0.628. The van der Waals surface area contributed by atoms with Crippen molar-refractivity contribution in [1.29, 1.82) is 0 Å². The monoisotopic (exact) mass is 297 g/mol. The molecule has 0 amide bonds. The van der Waals surface area contributed by atoms with Crippen LogP contribution in [0.2, 0.25) is 0 Å². The van der Waals surface area contributed by atoms with Crippen molar-refractivity contribution < 1.29 is 0 Å². The molecular formula is C12H16BrN3O. The second-order valence-corrected chi connectivity index (χ2v) is 4.95. The Morgan fingerprint density at radius 2 is 2.12 bits per heavy atom. The second-order valence-electron chi connectivity index (χ2n) is 4.16. The highest BCUT2D eigenvalue weighted by Gasteiger charge is 2.04. The van der Waals surface area contributed by atoms with E-state index in [2.05, 4.69) is 21.0 Å². The van der Waals surface area contributed by atoms with Gasteiger partial charge in [-0.05, 0) is 25.8 Å². The van der Waals surface area contributed by atoms with Gasteiger partial charge in [0.15, 0.2) is 0 Å². The smallest absolute Gasteiger partial charge is 0.276 e. The lowest BCUT2D eigenvalue weighted by atomic mass is 10.2. The fourth-order valence-electron chi connectivity index (χ4n) is 1.88. The maximum absolute atomic E-state index is 12.1. The summed E-state index contributed by atoms with van der Waals surface area (Å²) in [5.41, 5.74) is 1.58. The lowest BCUT2D eigenvalue weighted by Crippen LogP contribution is -2.21. The molecule has 0 bridgehead atoms. The van der Waals surface area contributed by atoms with Crippen molar-refractivity contribution in [3.8, 4) is 0 Å². The highest BCUT2D eigenvalue weighted by molar-refractivity contribution is 9.09. The summed E-state index contributed by atoms with van der Waals surface area (Å²) in [5.74, 6) is 0. The van der Waals surface area contributed by atoms with Crippen LogP contribution >= 0.6 is 15.9 Å². The number of nitrogens with zero attached hydrogens (tertiary/aromatic N) is 3. The molecule has 2 heterocycles. The fraction of sp³-hybridized carbons (Fsp3) is 0.500. The summed E-state index contributed by atoms with van der Waals surface area (Å²) in [7, 11) is 0. The topological polar surface area (TPSA) is 39.3 Å². The Morgan fingerprint density at radius 1 is 1.29 bits per heavy atom. The van der Waals surface area contributed by atoms with Crippen LogP contribution in [-0.4, -0.2) is 19.5 Å². The van der Waals surface area contributed by atoms with Crippen molar-refractivity contribution in [1.82, 2.24) is 14.2 Å². The predicted octanol–water partition coefficient (Wildman–Crippen LogP) is 2.37. The number of hydrogen-bond donors (Lipinski definition) is 0. The van der Waals surface area contributed by atoms with Gasteiger partial charge in [0.1, 0.15) is 5.52 Å². The maximum atomic E-state index is 12.1. The van der Waals surface area contributed by atoms with Gasteiger partial charge in [-0.25, -0.2) is 4.52 Å². The largest absolute Gasteiger partial charge is 0.312 e. The van der Waals surface area contributed by atoms with Crippen LogP contribution in [0.3, 0.4) is 0 Å². The van der Waals surface area contributed by atoms with Gasteiger partial charge in [-0.2, -0.15) is 5.10 Å². The molecule has 0 unspecified atom stereocenters. The van der Waals surface area contributed by atoms with Gasteiger partial charge in [0.2, 0.25) is 0 Å². The number of fused-ring (bicyclic) bond motifs is 1. The Labute approximate surface area is 108 Å². The molecule has 0 saturated carbocycles. The normalized spacial score (nSPS) is 11.2. The molecule has 92 valence electrons.